The van der Waals surface area contributed by atoms with Crippen LogP contribution in [0, 0.1) is 0 Å². The van der Waals surface area contributed by atoms with Gasteiger partial charge >= 0.3 is 0 Å². The van der Waals surface area contributed by atoms with E-state index >= 15 is 0 Å². The van der Waals surface area contributed by atoms with E-state index in [1.54, 1.807) is 6.08 Å². The number of hydrogen-bond donors (Lipinski definition) is 1. The Balaban J connectivity index is 1.51. The molecule has 1 N–H and O–H groups in total. The van der Waals surface area contributed by atoms with Gasteiger partial charge in [-0.15, -0.1) is 11.3 Å². The molecular weight excluding hydrogens is 374 g/mol. The summed E-state index contributed by atoms with van der Waals surface area (Å²) >= 11 is 7.63. The molecule has 6 nitrogen and oxygen atoms in total. The fraction of sp³-hybridized carbons (Fsp3) is 0.222. The lowest BCUT2D eigenvalue weighted by Crippen LogP contribution is -2.40. The lowest BCUT2D eigenvalue weighted by molar-refractivity contribution is -0.118. The number of carbonyl (C=O) groups is 1. The van der Waals surface area contributed by atoms with E-state index < -0.39 is 5.54 Å². The molecule has 1 aromatic carbocycles. The molecule has 0 spiro atoms. The van der Waals surface area contributed by atoms with Crippen molar-refractivity contribution in [1.82, 2.24) is 14.7 Å². The minimum absolute atomic E-state index is 0.220. The van der Waals surface area contributed by atoms with Gasteiger partial charge in [-0.05, 0) is 37.6 Å². The van der Waals surface area contributed by atoms with Gasteiger partial charge in [0.1, 0.15) is 0 Å². The van der Waals surface area contributed by atoms with Crippen LogP contribution in [0.1, 0.15) is 25.1 Å². The third-order valence-electron chi connectivity index (χ3n) is 4.18. The van der Waals surface area contributed by atoms with Crippen LogP contribution in [0.5, 0.6) is 11.5 Å². The van der Waals surface area contributed by atoms with Gasteiger partial charge in [-0.3, -0.25) is 9.20 Å². The van der Waals surface area contributed by atoms with Crippen LogP contribution in [0.25, 0.3) is 11.0 Å². The molecule has 0 saturated carbocycles. The van der Waals surface area contributed by atoms with Crippen molar-refractivity contribution in [3.63, 3.8) is 0 Å². The Morgan fingerprint density at radius 3 is 3.04 bits per heavy atom. The highest BCUT2D eigenvalue weighted by Gasteiger charge is 2.25. The summed E-state index contributed by atoms with van der Waals surface area (Å²) < 4.78 is 12.6. The standard InChI is InChI=1S/C18H16ClN3O3S/c1-18(2,11-3-5-13-14(9-11)25-10-24-13)21-15(23)6-4-12-16(19)20-17-22(12)7-8-26-17/h3-9H,10H2,1-2H3,(H,21,23)/b6-4+. The van der Waals surface area contributed by atoms with Crippen molar-refractivity contribution in [1.29, 1.82) is 0 Å². The second-order valence-electron chi connectivity index (χ2n) is 6.36. The molecule has 0 atom stereocenters. The zero-order chi connectivity index (χ0) is 18.3. The highest BCUT2D eigenvalue weighted by Crippen LogP contribution is 2.35. The molecule has 0 radical (unpaired) electrons. The number of hydrogen-bond acceptors (Lipinski definition) is 5. The summed E-state index contributed by atoms with van der Waals surface area (Å²) in [6, 6.07) is 5.65. The number of rotatable bonds is 4. The SMILES string of the molecule is CC(C)(NC(=O)/C=C/c1c(Cl)nc2sccn12)c1ccc2c(c1)OCO2. The Morgan fingerprint density at radius 2 is 2.19 bits per heavy atom. The number of nitrogens with one attached hydrogen (secondary N) is 1. The predicted octanol–water partition coefficient (Wildman–Crippen LogP) is 3.84. The molecule has 3 aromatic rings. The van der Waals surface area contributed by atoms with E-state index in [4.69, 9.17) is 21.1 Å². The van der Waals surface area contributed by atoms with Gasteiger partial charge in [0.05, 0.1) is 11.2 Å². The van der Waals surface area contributed by atoms with E-state index in [2.05, 4.69) is 10.3 Å². The third-order valence-corrected chi connectivity index (χ3v) is 5.21. The number of halogens is 1. The summed E-state index contributed by atoms with van der Waals surface area (Å²) in [7, 11) is 0. The van der Waals surface area contributed by atoms with Crippen molar-refractivity contribution >= 4 is 39.9 Å². The molecule has 0 fully saturated rings. The quantitative estimate of drug-likeness (QED) is 0.688. The van der Waals surface area contributed by atoms with Crippen molar-refractivity contribution in [2.45, 2.75) is 19.4 Å². The minimum atomic E-state index is -0.582. The number of imidazole rings is 1. The molecule has 3 heterocycles. The Labute approximate surface area is 159 Å². The van der Waals surface area contributed by atoms with Gasteiger partial charge in [-0.1, -0.05) is 17.7 Å². The van der Waals surface area contributed by atoms with Gasteiger partial charge in [0.25, 0.3) is 0 Å². The smallest absolute Gasteiger partial charge is 0.244 e. The highest BCUT2D eigenvalue weighted by molar-refractivity contribution is 7.15. The fourth-order valence-corrected chi connectivity index (χ4v) is 3.79. The number of aromatic nitrogens is 2. The number of amides is 1. The summed E-state index contributed by atoms with van der Waals surface area (Å²) in [5.74, 6) is 1.17. The molecule has 0 unspecified atom stereocenters. The van der Waals surface area contributed by atoms with Crippen LogP contribution in [0.2, 0.25) is 5.15 Å². The molecule has 0 bridgehead atoms. The van der Waals surface area contributed by atoms with Crippen molar-refractivity contribution in [3.8, 4) is 11.5 Å². The first-order valence-electron chi connectivity index (χ1n) is 7.95. The molecule has 134 valence electrons. The van der Waals surface area contributed by atoms with Gasteiger partial charge in [-0.2, -0.15) is 0 Å². The van der Waals surface area contributed by atoms with Gasteiger partial charge in [0, 0.05) is 17.7 Å². The Bertz CT molecular complexity index is 1020. The van der Waals surface area contributed by atoms with Crippen LogP contribution >= 0.6 is 22.9 Å². The second-order valence-corrected chi connectivity index (χ2v) is 7.59. The van der Waals surface area contributed by atoms with E-state index in [-0.39, 0.29) is 12.7 Å². The molecule has 0 saturated heterocycles. The van der Waals surface area contributed by atoms with Crippen LogP contribution in [0.15, 0.2) is 35.9 Å². The summed E-state index contributed by atoms with van der Waals surface area (Å²) in [6.07, 6.45) is 4.99. The molecule has 4 rings (SSSR count). The van der Waals surface area contributed by atoms with Gasteiger partial charge in [-0.25, -0.2) is 4.98 Å². The van der Waals surface area contributed by atoms with E-state index in [0.717, 1.165) is 10.5 Å². The lowest BCUT2D eigenvalue weighted by atomic mass is 9.94. The molecule has 26 heavy (non-hydrogen) atoms. The van der Waals surface area contributed by atoms with Crippen LogP contribution < -0.4 is 14.8 Å². The van der Waals surface area contributed by atoms with Crippen LogP contribution in [-0.2, 0) is 10.3 Å². The first kappa shape index (κ1) is 16.9. The highest BCUT2D eigenvalue weighted by atomic mass is 35.5. The second kappa shape index (κ2) is 6.34. The van der Waals surface area contributed by atoms with E-state index in [1.165, 1.54) is 17.4 Å². The average molecular weight is 390 g/mol. The van der Waals surface area contributed by atoms with Crippen molar-refractivity contribution in [2.24, 2.45) is 0 Å². The number of fused-ring (bicyclic) bond motifs is 2. The molecular formula is C18H16ClN3O3S. The molecule has 1 aliphatic heterocycles. The monoisotopic (exact) mass is 389 g/mol. The summed E-state index contributed by atoms with van der Waals surface area (Å²) in [4.78, 5) is 17.5. The summed E-state index contributed by atoms with van der Waals surface area (Å²) in [5.41, 5.74) is 1.02. The maximum Gasteiger partial charge on any atom is 0.244 e. The normalized spacial score (nSPS) is 13.7. The van der Waals surface area contributed by atoms with Crippen LogP contribution in [0.3, 0.4) is 0 Å². The maximum absolute atomic E-state index is 12.4. The van der Waals surface area contributed by atoms with Crippen molar-refractivity contribution in [2.75, 3.05) is 6.79 Å². The van der Waals surface area contributed by atoms with Crippen molar-refractivity contribution in [3.05, 3.63) is 52.3 Å². The van der Waals surface area contributed by atoms with Gasteiger partial charge in [0.2, 0.25) is 12.7 Å². The lowest BCUT2D eigenvalue weighted by Gasteiger charge is -2.26. The first-order chi connectivity index (χ1) is 12.4. The Kier molecular flexibility index (Phi) is 4.13. The van der Waals surface area contributed by atoms with Crippen LogP contribution in [0.4, 0.5) is 0 Å². The van der Waals surface area contributed by atoms with Gasteiger partial charge < -0.3 is 14.8 Å². The van der Waals surface area contributed by atoms with E-state index in [9.17, 15) is 4.79 Å². The largest absolute Gasteiger partial charge is 0.454 e. The summed E-state index contributed by atoms with van der Waals surface area (Å²) in [6.45, 7) is 4.08. The number of carbonyl (C=O) groups excluding carboxylic acids is 1. The first-order valence-corrected chi connectivity index (χ1v) is 9.21. The summed E-state index contributed by atoms with van der Waals surface area (Å²) in [5, 5.41) is 5.28. The Morgan fingerprint density at radius 1 is 1.38 bits per heavy atom. The molecule has 1 amide bonds. The zero-order valence-corrected chi connectivity index (χ0v) is 15.7. The number of thiazole rings is 1. The Hall–Kier alpha value is -2.51. The predicted molar refractivity (Wildman–Crippen MR) is 101 cm³/mol. The molecule has 0 aliphatic carbocycles. The topological polar surface area (TPSA) is 64.9 Å². The van der Waals surface area contributed by atoms with E-state index in [0.29, 0.717) is 22.3 Å². The minimum Gasteiger partial charge on any atom is -0.454 e. The van der Waals surface area contributed by atoms with Crippen molar-refractivity contribution < 1.29 is 14.3 Å². The average Bonchev–Trinajstić information content (AvgIpc) is 3.28. The van der Waals surface area contributed by atoms with E-state index in [1.807, 2.05) is 48.0 Å². The molecule has 8 heteroatoms. The zero-order valence-electron chi connectivity index (χ0n) is 14.2. The molecule has 2 aromatic heterocycles. The third kappa shape index (κ3) is 3.04. The number of ether oxygens (including phenoxy) is 2. The molecule has 1 aliphatic rings. The number of nitrogens with zero attached hydrogens (tertiary/aromatic N) is 2. The van der Waals surface area contributed by atoms with Gasteiger partial charge in [0.15, 0.2) is 21.6 Å². The van der Waals surface area contributed by atoms with Crippen LogP contribution in [-0.4, -0.2) is 22.1 Å². The fourth-order valence-electron chi connectivity index (χ4n) is 2.79. The maximum atomic E-state index is 12.4. The number of benzene rings is 1.